The van der Waals surface area contributed by atoms with Crippen molar-refractivity contribution in [3.8, 4) is 0 Å². The number of nitrogens with zero attached hydrogens (tertiary/aromatic N) is 2. The van der Waals surface area contributed by atoms with E-state index in [1.807, 2.05) is 0 Å². The molecule has 0 bridgehead atoms. The molecule has 3 rings (SSSR count). The Morgan fingerprint density at radius 3 is 2.27 bits per heavy atom. The molecular formula is C21H24ClN3O4S. The van der Waals surface area contributed by atoms with Crippen LogP contribution in [0.25, 0.3) is 0 Å². The Balaban J connectivity index is 1.85. The van der Waals surface area contributed by atoms with Crippen LogP contribution in [0.5, 0.6) is 0 Å². The average Bonchev–Trinajstić information content (AvgIpc) is 3.23. The van der Waals surface area contributed by atoms with Gasteiger partial charge in [0.25, 0.3) is 5.91 Å². The van der Waals surface area contributed by atoms with Gasteiger partial charge in [0.05, 0.1) is 23.2 Å². The zero-order valence-electron chi connectivity index (χ0n) is 16.8. The van der Waals surface area contributed by atoms with Crippen molar-refractivity contribution in [1.29, 1.82) is 0 Å². The number of amides is 2. The van der Waals surface area contributed by atoms with E-state index in [1.54, 1.807) is 41.3 Å². The minimum atomic E-state index is -3.75. The second kappa shape index (κ2) is 9.06. The van der Waals surface area contributed by atoms with Crippen molar-refractivity contribution >= 4 is 44.8 Å². The van der Waals surface area contributed by atoms with E-state index < -0.39 is 22.0 Å². The summed E-state index contributed by atoms with van der Waals surface area (Å²) in [6.45, 7) is 2.88. The molecule has 7 nitrogen and oxygen atoms in total. The number of anilines is 2. The van der Waals surface area contributed by atoms with Crippen LogP contribution in [0.2, 0.25) is 5.02 Å². The third-order valence-electron chi connectivity index (χ3n) is 4.98. The summed E-state index contributed by atoms with van der Waals surface area (Å²) in [5, 5.41) is 3.19. The number of benzene rings is 2. The number of carbonyl (C=O) groups is 2. The van der Waals surface area contributed by atoms with E-state index in [4.69, 9.17) is 11.6 Å². The third kappa shape index (κ3) is 4.94. The lowest BCUT2D eigenvalue weighted by atomic mass is 10.1. The highest BCUT2D eigenvalue weighted by atomic mass is 35.5. The van der Waals surface area contributed by atoms with Crippen molar-refractivity contribution in [2.24, 2.45) is 0 Å². The second-order valence-corrected chi connectivity index (χ2v) is 9.54. The van der Waals surface area contributed by atoms with Gasteiger partial charge in [-0.25, -0.2) is 8.42 Å². The maximum Gasteiger partial charge on any atom is 0.255 e. The number of hydrogen-bond acceptors (Lipinski definition) is 4. The molecule has 2 amide bonds. The Bertz CT molecular complexity index is 1030. The molecule has 160 valence electrons. The first-order valence-corrected chi connectivity index (χ1v) is 11.9. The predicted octanol–water partition coefficient (Wildman–Crippen LogP) is 3.37. The molecule has 1 atom stereocenters. The number of hydrogen-bond donors (Lipinski definition) is 1. The molecule has 2 aromatic carbocycles. The molecule has 1 heterocycles. The average molecular weight is 450 g/mol. The number of carbonyl (C=O) groups excluding carboxylic acids is 2. The van der Waals surface area contributed by atoms with Crippen molar-refractivity contribution in [1.82, 2.24) is 4.90 Å². The zero-order valence-corrected chi connectivity index (χ0v) is 18.4. The summed E-state index contributed by atoms with van der Waals surface area (Å²) in [4.78, 5) is 27.5. The second-order valence-electron chi connectivity index (χ2n) is 7.25. The van der Waals surface area contributed by atoms with Crippen LogP contribution in [0.4, 0.5) is 11.4 Å². The number of halogens is 1. The lowest BCUT2D eigenvalue weighted by Gasteiger charge is -2.28. The van der Waals surface area contributed by atoms with Crippen molar-refractivity contribution in [2.75, 3.05) is 29.0 Å². The Labute approximate surface area is 181 Å². The van der Waals surface area contributed by atoms with Crippen LogP contribution in [0.15, 0.2) is 48.5 Å². The van der Waals surface area contributed by atoms with Crippen LogP contribution in [0, 0.1) is 0 Å². The van der Waals surface area contributed by atoms with Crippen molar-refractivity contribution in [3.63, 3.8) is 0 Å². The van der Waals surface area contributed by atoms with Gasteiger partial charge in [0.2, 0.25) is 15.9 Å². The van der Waals surface area contributed by atoms with Crippen LogP contribution in [0.3, 0.4) is 0 Å². The van der Waals surface area contributed by atoms with Gasteiger partial charge in [0.1, 0.15) is 6.04 Å². The van der Waals surface area contributed by atoms with E-state index in [2.05, 4.69) is 5.32 Å². The van der Waals surface area contributed by atoms with Crippen molar-refractivity contribution in [3.05, 3.63) is 59.1 Å². The fourth-order valence-electron chi connectivity index (χ4n) is 3.50. The first kappa shape index (κ1) is 22.1. The minimum Gasteiger partial charge on any atom is -0.339 e. The SMILES string of the molecule is C[C@@H](C(=O)Nc1ccccc1C(=O)N1CCCC1)N(c1ccc(Cl)cc1)S(C)(=O)=O. The number of nitrogens with one attached hydrogen (secondary N) is 1. The van der Waals surface area contributed by atoms with Crippen LogP contribution in [-0.2, 0) is 14.8 Å². The molecule has 30 heavy (non-hydrogen) atoms. The lowest BCUT2D eigenvalue weighted by Crippen LogP contribution is -2.45. The van der Waals surface area contributed by atoms with Crippen LogP contribution in [0.1, 0.15) is 30.1 Å². The summed E-state index contributed by atoms with van der Waals surface area (Å²) in [6, 6.07) is 11.9. The van der Waals surface area contributed by atoms with Crippen LogP contribution in [-0.4, -0.2) is 50.5 Å². The normalized spacial score (nSPS) is 15.0. The summed E-state index contributed by atoms with van der Waals surface area (Å²) in [6.07, 6.45) is 2.96. The first-order chi connectivity index (χ1) is 14.2. The maximum atomic E-state index is 13.0. The number of rotatable bonds is 6. The van der Waals surface area contributed by atoms with Gasteiger partial charge in [-0.1, -0.05) is 23.7 Å². The smallest absolute Gasteiger partial charge is 0.255 e. The molecule has 1 aliphatic rings. The predicted molar refractivity (Wildman–Crippen MR) is 118 cm³/mol. The Morgan fingerprint density at radius 1 is 1.07 bits per heavy atom. The number of sulfonamides is 1. The highest BCUT2D eigenvalue weighted by molar-refractivity contribution is 7.92. The molecule has 1 aliphatic heterocycles. The highest BCUT2D eigenvalue weighted by Gasteiger charge is 2.30. The van der Waals surface area contributed by atoms with Crippen LogP contribution >= 0.6 is 11.6 Å². The fraction of sp³-hybridized carbons (Fsp3) is 0.333. The van der Waals surface area contributed by atoms with E-state index in [9.17, 15) is 18.0 Å². The molecule has 0 saturated carbocycles. The molecule has 0 unspecified atom stereocenters. The lowest BCUT2D eigenvalue weighted by molar-refractivity contribution is -0.116. The maximum absolute atomic E-state index is 13.0. The standard InChI is InChI=1S/C21H24ClN3O4S/c1-15(25(30(2,28)29)17-11-9-16(22)10-12-17)20(26)23-19-8-4-3-7-18(19)21(27)24-13-5-6-14-24/h3-4,7-12,15H,5-6,13-14H2,1-2H3,(H,23,26)/t15-/m0/s1. The molecule has 0 aliphatic carbocycles. The van der Waals surface area contributed by atoms with E-state index >= 15 is 0 Å². The van der Waals surface area contributed by atoms with Gasteiger partial charge in [0, 0.05) is 18.1 Å². The molecule has 9 heteroatoms. The summed E-state index contributed by atoms with van der Waals surface area (Å²) in [7, 11) is -3.75. The quantitative estimate of drug-likeness (QED) is 0.732. The van der Waals surface area contributed by atoms with E-state index in [0.29, 0.717) is 35.1 Å². The number of likely N-dealkylation sites (tertiary alicyclic amines) is 1. The highest BCUT2D eigenvalue weighted by Crippen LogP contribution is 2.25. The molecule has 2 aromatic rings. The molecule has 1 N–H and O–H groups in total. The van der Waals surface area contributed by atoms with Gasteiger partial charge in [0.15, 0.2) is 0 Å². The van der Waals surface area contributed by atoms with Crippen LogP contribution < -0.4 is 9.62 Å². The minimum absolute atomic E-state index is 0.145. The Kier molecular flexibility index (Phi) is 6.67. The van der Waals surface area contributed by atoms with E-state index in [0.717, 1.165) is 23.4 Å². The van der Waals surface area contributed by atoms with Gasteiger partial charge in [-0.05, 0) is 56.2 Å². The molecule has 1 fully saturated rings. The molecule has 1 saturated heterocycles. The molecule has 0 radical (unpaired) electrons. The Morgan fingerprint density at radius 2 is 1.67 bits per heavy atom. The van der Waals surface area contributed by atoms with E-state index in [-0.39, 0.29) is 5.91 Å². The summed E-state index contributed by atoms with van der Waals surface area (Å²) in [5.74, 6) is -0.689. The van der Waals surface area contributed by atoms with Gasteiger partial charge in [-0.3, -0.25) is 13.9 Å². The largest absolute Gasteiger partial charge is 0.339 e. The zero-order chi connectivity index (χ0) is 21.9. The first-order valence-electron chi connectivity index (χ1n) is 9.62. The summed E-state index contributed by atoms with van der Waals surface area (Å²) in [5.41, 5.74) is 1.07. The monoisotopic (exact) mass is 449 g/mol. The topological polar surface area (TPSA) is 86.8 Å². The van der Waals surface area contributed by atoms with Gasteiger partial charge >= 0.3 is 0 Å². The third-order valence-corrected chi connectivity index (χ3v) is 6.47. The van der Waals surface area contributed by atoms with Gasteiger partial charge in [-0.15, -0.1) is 0 Å². The molecule has 0 aromatic heterocycles. The molecule has 0 spiro atoms. The van der Waals surface area contributed by atoms with Crippen molar-refractivity contribution < 1.29 is 18.0 Å². The summed E-state index contributed by atoms with van der Waals surface area (Å²) >= 11 is 5.90. The van der Waals surface area contributed by atoms with Crippen molar-refractivity contribution in [2.45, 2.75) is 25.8 Å². The molecular weight excluding hydrogens is 426 g/mol. The fourth-order valence-corrected chi connectivity index (χ4v) is 4.80. The van der Waals surface area contributed by atoms with Gasteiger partial charge < -0.3 is 10.2 Å². The Hall–Kier alpha value is -2.58. The summed E-state index contributed by atoms with van der Waals surface area (Å²) < 4.78 is 25.9. The number of para-hydroxylation sites is 1. The van der Waals surface area contributed by atoms with Gasteiger partial charge in [-0.2, -0.15) is 0 Å². The van der Waals surface area contributed by atoms with E-state index in [1.165, 1.54) is 19.1 Å².